The lowest BCUT2D eigenvalue weighted by atomic mass is 10.2. The molecule has 154 valence electrons. The molecule has 1 amide bonds. The molecule has 8 nitrogen and oxygen atoms in total. The van der Waals surface area contributed by atoms with Crippen molar-refractivity contribution < 1.29 is 27.9 Å². The number of morpholine rings is 1. The maximum atomic E-state index is 12.9. The Balaban J connectivity index is 1.90. The molecule has 2 aromatic rings. The number of carbonyl (C=O) groups is 2. The molecule has 29 heavy (non-hydrogen) atoms. The van der Waals surface area contributed by atoms with Crippen LogP contribution in [0.15, 0.2) is 41.3 Å². The summed E-state index contributed by atoms with van der Waals surface area (Å²) in [6, 6.07) is 7.83. The summed E-state index contributed by atoms with van der Waals surface area (Å²) in [6.45, 7) is 0.895. The summed E-state index contributed by atoms with van der Waals surface area (Å²) in [5.41, 5.74) is 0.306. The fourth-order valence-electron chi connectivity index (χ4n) is 2.72. The summed E-state index contributed by atoms with van der Waals surface area (Å²) >= 11 is 12.2. The van der Waals surface area contributed by atoms with Crippen molar-refractivity contribution >= 4 is 50.8 Å². The second-order valence-corrected chi connectivity index (χ2v) is 8.84. The summed E-state index contributed by atoms with van der Waals surface area (Å²) in [6.07, 6.45) is 0. The van der Waals surface area contributed by atoms with Crippen LogP contribution in [0.4, 0.5) is 5.69 Å². The van der Waals surface area contributed by atoms with Gasteiger partial charge >= 0.3 is 5.97 Å². The minimum atomic E-state index is -3.94. The molecule has 0 bridgehead atoms. The van der Waals surface area contributed by atoms with E-state index in [4.69, 9.17) is 33.0 Å². The van der Waals surface area contributed by atoms with Crippen LogP contribution in [-0.2, 0) is 14.8 Å². The number of sulfonamides is 1. The Kier molecular flexibility index (Phi) is 6.45. The Bertz CT molecular complexity index is 1050. The van der Waals surface area contributed by atoms with Crippen LogP contribution in [0.25, 0.3) is 0 Å². The number of hydrogen-bond donors (Lipinski definition) is 2. The van der Waals surface area contributed by atoms with E-state index >= 15 is 0 Å². The molecule has 0 spiro atoms. The van der Waals surface area contributed by atoms with Crippen molar-refractivity contribution in [2.24, 2.45) is 0 Å². The third-order valence-electron chi connectivity index (χ3n) is 4.24. The summed E-state index contributed by atoms with van der Waals surface area (Å²) in [7, 11) is -3.94. The Labute approximate surface area is 177 Å². The number of amides is 1. The number of nitrogens with zero attached hydrogens (tertiary/aromatic N) is 1. The van der Waals surface area contributed by atoms with Crippen LogP contribution in [-0.4, -0.2) is 56.0 Å². The first-order chi connectivity index (χ1) is 13.7. The van der Waals surface area contributed by atoms with Crippen molar-refractivity contribution in [2.75, 3.05) is 31.6 Å². The average Bonchev–Trinajstić information content (AvgIpc) is 2.68. The molecule has 1 saturated heterocycles. The monoisotopic (exact) mass is 458 g/mol. The summed E-state index contributed by atoms with van der Waals surface area (Å²) < 4.78 is 32.2. The Hall–Kier alpha value is -2.17. The Morgan fingerprint density at radius 3 is 2.24 bits per heavy atom. The van der Waals surface area contributed by atoms with Crippen molar-refractivity contribution in [3.8, 4) is 0 Å². The largest absolute Gasteiger partial charge is 0.478 e. The fourth-order valence-corrected chi connectivity index (χ4v) is 4.96. The van der Waals surface area contributed by atoms with Crippen molar-refractivity contribution in [3.63, 3.8) is 0 Å². The SMILES string of the molecule is O=C(O)c1ccc(NC(=O)c2cc(S(=O)(=O)N3CCOCC3)c(Cl)cc2Cl)cc1. The van der Waals surface area contributed by atoms with E-state index in [9.17, 15) is 18.0 Å². The Morgan fingerprint density at radius 2 is 1.66 bits per heavy atom. The lowest BCUT2D eigenvalue weighted by Crippen LogP contribution is -2.40. The van der Waals surface area contributed by atoms with Crippen LogP contribution in [0.5, 0.6) is 0 Å². The van der Waals surface area contributed by atoms with Gasteiger partial charge < -0.3 is 15.2 Å². The number of rotatable bonds is 5. The van der Waals surface area contributed by atoms with E-state index in [1.54, 1.807) is 0 Å². The van der Waals surface area contributed by atoms with Gasteiger partial charge in [0.2, 0.25) is 10.0 Å². The maximum absolute atomic E-state index is 12.9. The molecule has 2 aromatic carbocycles. The van der Waals surface area contributed by atoms with E-state index in [-0.39, 0.29) is 52.4 Å². The average molecular weight is 459 g/mol. The zero-order valence-electron chi connectivity index (χ0n) is 14.9. The first-order valence-corrected chi connectivity index (χ1v) is 10.6. The number of carbonyl (C=O) groups excluding carboxylic acids is 1. The standard InChI is InChI=1S/C18H16Cl2N2O6S/c19-14-10-15(20)16(29(26,27)22-5-7-28-8-6-22)9-13(14)17(23)21-12-3-1-11(2-4-12)18(24)25/h1-4,9-10H,5-8H2,(H,21,23)(H,24,25). The minimum Gasteiger partial charge on any atom is -0.478 e. The number of carboxylic acids is 1. The first kappa shape index (κ1) is 21.5. The van der Waals surface area contributed by atoms with Crippen LogP contribution in [0.1, 0.15) is 20.7 Å². The number of carboxylic acid groups (broad SMARTS) is 1. The summed E-state index contributed by atoms with van der Waals surface area (Å²) in [5.74, 6) is -1.75. The first-order valence-electron chi connectivity index (χ1n) is 8.42. The molecule has 3 rings (SSSR count). The molecule has 0 aromatic heterocycles. The Morgan fingerprint density at radius 1 is 1.03 bits per heavy atom. The number of nitrogens with one attached hydrogen (secondary N) is 1. The van der Waals surface area contributed by atoms with Crippen LogP contribution < -0.4 is 5.32 Å². The van der Waals surface area contributed by atoms with E-state index in [1.807, 2.05) is 0 Å². The zero-order chi connectivity index (χ0) is 21.2. The number of hydrogen-bond acceptors (Lipinski definition) is 5. The molecule has 1 fully saturated rings. The molecule has 1 aliphatic rings. The zero-order valence-corrected chi connectivity index (χ0v) is 17.2. The smallest absolute Gasteiger partial charge is 0.335 e. The topological polar surface area (TPSA) is 113 Å². The fraction of sp³-hybridized carbons (Fsp3) is 0.222. The normalized spacial score (nSPS) is 15.1. The van der Waals surface area contributed by atoms with Gasteiger partial charge in [0.1, 0.15) is 4.90 Å². The highest BCUT2D eigenvalue weighted by atomic mass is 35.5. The molecule has 1 heterocycles. The van der Waals surface area contributed by atoms with Crippen molar-refractivity contribution in [3.05, 3.63) is 57.6 Å². The number of ether oxygens (including phenoxy) is 1. The van der Waals surface area contributed by atoms with Gasteiger partial charge in [-0.3, -0.25) is 4.79 Å². The molecule has 0 atom stereocenters. The van der Waals surface area contributed by atoms with Crippen LogP contribution >= 0.6 is 23.2 Å². The predicted octanol–water partition coefficient (Wildman–Crippen LogP) is 2.96. The summed E-state index contributed by atoms with van der Waals surface area (Å²) in [4.78, 5) is 23.3. The maximum Gasteiger partial charge on any atom is 0.335 e. The van der Waals surface area contributed by atoms with Gasteiger partial charge in [0.05, 0.1) is 34.4 Å². The molecular weight excluding hydrogens is 443 g/mol. The van der Waals surface area contributed by atoms with E-state index in [0.29, 0.717) is 5.69 Å². The number of anilines is 1. The third-order valence-corrected chi connectivity index (χ3v) is 6.92. The van der Waals surface area contributed by atoms with Gasteiger partial charge in [-0.2, -0.15) is 4.31 Å². The lowest BCUT2D eigenvalue weighted by Gasteiger charge is -2.26. The van der Waals surface area contributed by atoms with Crippen LogP contribution in [0.2, 0.25) is 10.0 Å². The molecule has 0 radical (unpaired) electrons. The molecule has 1 aliphatic heterocycles. The number of halogens is 2. The van der Waals surface area contributed by atoms with Crippen molar-refractivity contribution in [2.45, 2.75) is 4.90 Å². The minimum absolute atomic E-state index is 0.0180. The molecule has 0 saturated carbocycles. The van der Waals surface area contributed by atoms with E-state index in [2.05, 4.69) is 5.32 Å². The van der Waals surface area contributed by atoms with Gasteiger partial charge in [-0.05, 0) is 36.4 Å². The van der Waals surface area contributed by atoms with Gasteiger partial charge in [-0.25, -0.2) is 13.2 Å². The van der Waals surface area contributed by atoms with Crippen LogP contribution in [0.3, 0.4) is 0 Å². The van der Waals surface area contributed by atoms with E-state index < -0.39 is 21.9 Å². The van der Waals surface area contributed by atoms with Crippen LogP contribution in [0, 0.1) is 0 Å². The summed E-state index contributed by atoms with van der Waals surface area (Å²) in [5, 5.41) is 11.4. The second kappa shape index (κ2) is 8.68. The molecular formula is C18H16Cl2N2O6S. The van der Waals surface area contributed by atoms with E-state index in [0.717, 1.165) is 6.07 Å². The highest BCUT2D eigenvalue weighted by Gasteiger charge is 2.30. The third kappa shape index (κ3) is 4.71. The van der Waals surface area contributed by atoms with E-state index in [1.165, 1.54) is 34.6 Å². The quantitative estimate of drug-likeness (QED) is 0.711. The molecule has 0 unspecified atom stereocenters. The molecule has 0 aliphatic carbocycles. The van der Waals surface area contributed by atoms with Gasteiger partial charge in [-0.1, -0.05) is 23.2 Å². The molecule has 11 heteroatoms. The van der Waals surface area contributed by atoms with Gasteiger partial charge in [-0.15, -0.1) is 0 Å². The number of benzene rings is 2. The second-order valence-electron chi connectivity index (χ2n) is 6.12. The number of aromatic carboxylic acids is 1. The lowest BCUT2D eigenvalue weighted by molar-refractivity contribution is 0.0696. The van der Waals surface area contributed by atoms with Crippen molar-refractivity contribution in [1.82, 2.24) is 4.31 Å². The van der Waals surface area contributed by atoms with Crippen molar-refractivity contribution in [1.29, 1.82) is 0 Å². The highest BCUT2D eigenvalue weighted by Crippen LogP contribution is 2.31. The molecule has 2 N–H and O–H groups in total. The van der Waals surface area contributed by atoms with Gasteiger partial charge in [0.25, 0.3) is 5.91 Å². The predicted molar refractivity (Wildman–Crippen MR) is 107 cm³/mol. The van der Waals surface area contributed by atoms with Gasteiger partial charge in [0, 0.05) is 18.8 Å². The highest BCUT2D eigenvalue weighted by molar-refractivity contribution is 7.89. The van der Waals surface area contributed by atoms with Gasteiger partial charge in [0.15, 0.2) is 0 Å².